The van der Waals surface area contributed by atoms with Gasteiger partial charge in [0, 0.05) is 20.8 Å². The predicted octanol–water partition coefficient (Wildman–Crippen LogP) is -2.76. The number of carbonyl (C=O) groups excluding carboxylic acids is 4. The van der Waals surface area contributed by atoms with Crippen molar-refractivity contribution in [3.63, 3.8) is 0 Å². The Hall–Kier alpha value is -1.32. The number of Topliss-reactive ketones (excluding diaryl/α,β-unsaturated/α-hetero) is 1. The third kappa shape index (κ3) is 86.8. The second kappa shape index (κ2) is 17.5. The van der Waals surface area contributed by atoms with Crippen molar-refractivity contribution in [3.8, 4) is 0 Å². The molecule has 0 aliphatic carbocycles. The first-order valence-electron chi connectivity index (χ1n) is 5.93. The molecule has 168 valence electrons. The Kier molecular flexibility index (Phi) is 23.2. The molecule has 0 aromatic heterocycles. The van der Waals surface area contributed by atoms with Gasteiger partial charge in [0.05, 0.1) is 0 Å². The molecule has 0 saturated carbocycles. The van der Waals surface area contributed by atoms with Gasteiger partial charge in [0.2, 0.25) is 0 Å². The van der Waals surface area contributed by atoms with Gasteiger partial charge in [0.1, 0.15) is 5.78 Å². The number of carbonyl (C=O) groups is 4. The van der Waals surface area contributed by atoms with Gasteiger partial charge in [-0.1, -0.05) is 0 Å². The van der Waals surface area contributed by atoms with Crippen LogP contribution in [0.3, 0.4) is 0 Å². The quantitative estimate of drug-likeness (QED) is 0.238. The monoisotopic (exact) mass is 590 g/mol. The number of hydrogen-bond acceptors (Lipinski definition) is 16. The van der Waals surface area contributed by atoms with Gasteiger partial charge in [-0.15, -0.1) is 0 Å². The standard InChI is InChI=1S/C3H6O.3C2H4O5S.In/c1-3(2)4;3*1-2(3)7-8(4,5)6;/h1-2H3;3*1H3,(H,4,5,6);/q;;;;+3/p-3. The van der Waals surface area contributed by atoms with E-state index in [-0.39, 0.29) is 31.6 Å². The molecule has 0 aromatic rings. The Morgan fingerprint density at radius 3 is 0.621 bits per heavy atom. The van der Waals surface area contributed by atoms with Crippen LogP contribution < -0.4 is 0 Å². The summed E-state index contributed by atoms with van der Waals surface area (Å²) in [6.45, 7) is 5.54. The molecule has 0 spiro atoms. The molecule has 0 fully saturated rings. The molecule has 0 radical (unpaired) electrons. The molecule has 29 heavy (non-hydrogen) atoms. The smallest absolute Gasteiger partial charge is 0.716 e. The summed E-state index contributed by atoms with van der Waals surface area (Å²) in [7, 11) is -14.5. The third-order valence-electron chi connectivity index (χ3n) is 0.658. The third-order valence-corrected chi connectivity index (χ3v) is 1.97. The fourth-order valence-corrected chi connectivity index (χ4v) is 1.29. The fourth-order valence-electron chi connectivity index (χ4n) is 0.431. The van der Waals surface area contributed by atoms with E-state index in [1.54, 1.807) is 0 Å². The van der Waals surface area contributed by atoms with E-state index >= 15 is 0 Å². The molecular formula is C9H15InO16S3. The second-order valence-electron chi connectivity index (χ2n) is 3.86. The van der Waals surface area contributed by atoms with E-state index in [1.807, 2.05) is 0 Å². The van der Waals surface area contributed by atoms with Crippen molar-refractivity contribution in [1.82, 2.24) is 0 Å². The molecule has 0 amide bonds. The van der Waals surface area contributed by atoms with E-state index in [9.17, 15) is 58.1 Å². The summed E-state index contributed by atoms with van der Waals surface area (Å²) in [4.78, 5) is 38.4. The Balaban J connectivity index is -0.0000000896. The Morgan fingerprint density at radius 2 is 0.621 bits per heavy atom. The van der Waals surface area contributed by atoms with E-state index in [2.05, 4.69) is 12.5 Å². The van der Waals surface area contributed by atoms with Crippen molar-refractivity contribution in [3.05, 3.63) is 0 Å². The molecule has 0 rings (SSSR count). The van der Waals surface area contributed by atoms with Crippen LogP contribution in [0.25, 0.3) is 0 Å². The van der Waals surface area contributed by atoms with Crippen molar-refractivity contribution < 1.29 is 70.6 Å². The molecule has 0 saturated heterocycles. The van der Waals surface area contributed by atoms with Gasteiger partial charge in [0.25, 0.3) is 31.2 Å². The largest absolute Gasteiger partial charge is 3.00 e. The normalized spacial score (nSPS) is 9.79. The van der Waals surface area contributed by atoms with Crippen LogP contribution in [-0.2, 0) is 62.9 Å². The van der Waals surface area contributed by atoms with Crippen molar-refractivity contribution >= 4 is 80.7 Å². The zero-order valence-corrected chi connectivity index (χ0v) is 21.1. The molecule has 0 atom stereocenters. The van der Waals surface area contributed by atoms with Crippen LogP contribution in [0.4, 0.5) is 0 Å². The number of hydrogen-bond donors (Lipinski definition) is 0. The van der Waals surface area contributed by atoms with E-state index in [4.69, 9.17) is 0 Å². The van der Waals surface area contributed by atoms with Gasteiger partial charge in [-0.3, -0.25) is 14.4 Å². The number of ketones is 1. The Labute approximate surface area is 185 Å². The minimum atomic E-state index is -4.82. The molecule has 20 heteroatoms. The Bertz CT molecular complexity index is 729. The summed E-state index contributed by atoms with van der Waals surface area (Å²) in [6.07, 6.45) is 0. The topological polar surface area (TPSA) is 268 Å². The van der Waals surface area contributed by atoms with Crippen LogP contribution in [-0.4, -0.2) is 88.4 Å². The minimum absolute atomic E-state index is 0. The minimum Gasteiger partial charge on any atom is -0.716 e. The molecular weight excluding hydrogens is 575 g/mol. The van der Waals surface area contributed by atoms with E-state index < -0.39 is 49.1 Å². The summed E-state index contributed by atoms with van der Waals surface area (Å²) in [5, 5.41) is 0. The van der Waals surface area contributed by atoms with Gasteiger partial charge in [-0.05, 0) is 13.8 Å². The van der Waals surface area contributed by atoms with Crippen LogP contribution in [0.2, 0.25) is 0 Å². The second-order valence-corrected chi connectivity index (χ2v) is 6.81. The molecule has 0 N–H and O–H groups in total. The first kappa shape index (κ1) is 38.3. The summed E-state index contributed by atoms with van der Waals surface area (Å²) in [5.41, 5.74) is 0. The zero-order valence-electron chi connectivity index (χ0n) is 15.3. The fraction of sp³-hybridized carbons (Fsp3) is 0.556. The van der Waals surface area contributed by atoms with Crippen LogP contribution in [0.5, 0.6) is 0 Å². The first-order chi connectivity index (χ1) is 12.0. The van der Waals surface area contributed by atoms with Gasteiger partial charge < -0.3 is 31.0 Å². The molecule has 0 unspecified atom stereocenters. The van der Waals surface area contributed by atoms with Crippen LogP contribution in [0.15, 0.2) is 0 Å². The average Bonchev–Trinajstić information content (AvgIpc) is 2.16. The number of rotatable bonds is 3. The van der Waals surface area contributed by atoms with Crippen LogP contribution in [0.1, 0.15) is 34.6 Å². The van der Waals surface area contributed by atoms with Crippen LogP contribution >= 0.6 is 0 Å². The SMILES string of the molecule is CC(=O)OS(=O)(=O)[O-].CC(=O)OS(=O)(=O)[O-].CC(=O)OS(=O)(=O)[O-].CC(C)=O.[In+3]. The van der Waals surface area contributed by atoms with E-state index in [0.717, 1.165) is 20.8 Å². The summed E-state index contributed by atoms with van der Waals surface area (Å²) in [6, 6.07) is 0. The van der Waals surface area contributed by atoms with Crippen molar-refractivity contribution in [2.24, 2.45) is 0 Å². The maximum Gasteiger partial charge on any atom is 3.00 e. The molecule has 0 aromatic carbocycles. The van der Waals surface area contributed by atoms with Gasteiger partial charge >= 0.3 is 43.8 Å². The van der Waals surface area contributed by atoms with Crippen molar-refractivity contribution in [2.45, 2.75) is 34.6 Å². The maximum atomic E-state index is 9.66. The molecule has 0 heterocycles. The summed E-state index contributed by atoms with van der Waals surface area (Å²) >= 11 is 0. The molecule has 0 aliphatic heterocycles. The van der Waals surface area contributed by atoms with Crippen LogP contribution in [0, 0.1) is 0 Å². The van der Waals surface area contributed by atoms with Gasteiger partial charge in [0.15, 0.2) is 0 Å². The predicted molar refractivity (Wildman–Crippen MR) is 86.5 cm³/mol. The van der Waals surface area contributed by atoms with Crippen molar-refractivity contribution in [2.75, 3.05) is 0 Å². The summed E-state index contributed by atoms with van der Waals surface area (Å²) < 4.78 is 94.6. The van der Waals surface area contributed by atoms with Gasteiger partial charge in [-0.2, -0.15) is 0 Å². The first-order valence-corrected chi connectivity index (χ1v) is 9.93. The maximum absolute atomic E-state index is 9.66. The molecule has 0 aliphatic rings. The van der Waals surface area contributed by atoms with E-state index in [1.165, 1.54) is 13.8 Å². The summed E-state index contributed by atoms with van der Waals surface area (Å²) in [5.74, 6) is -3.21. The van der Waals surface area contributed by atoms with E-state index in [0.29, 0.717) is 0 Å². The average molecular weight is 590 g/mol. The molecule has 0 bridgehead atoms. The van der Waals surface area contributed by atoms with Crippen molar-refractivity contribution in [1.29, 1.82) is 0 Å². The zero-order chi connectivity index (χ0) is 23.9. The van der Waals surface area contributed by atoms with Gasteiger partial charge in [-0.25, -0.2) is 25.3 Å². The Morgan fingerprint density at radius 1 is 0.517 bits per heavy atom. The molecule has 16 nitrogen and oxygen atoms in total.